The first-order chi connectivity index (χ1) is 23.5. The summed E-state index contributed by atoms with van der Waals surface area (Å²) in [6.45, 7) is 6.67. The molecule has 3 heterocycles. The number of unbranched alkanes of at least 4 members (excludes halogenated alkanes) is 2. The Labute approximate surface area is 298 Å². The van der Waals surface area contributed by atoms with E-state index in [4.69, 9.17) is 9.72 Å². The van der Waals surface area contributed by atoms with Gasteiger partial charge in [-0.25, -0.2) is 13.4 Å². The molecule has 0 atom stereocenters. The quantitative estimate of drug-likeness (QED) is 0.133. The fourth-order valence-electron chi connectivity index (χ4n) is 6.47. The van der Waals surface area contributed by atoms with Gasteiger partial charge < -0.3 is 35.4 Å². The van der Waals surface area contributed by atoms with Gasteiger partial charge in [0.15, 0.2) is 0 Å². The molecule has 2 aliphatic rings. The van der Waals surface area contributed by atoms with Crippen LogP contribution in [0, 0.1) is 0 Å². The summed E-state index contributed by atoms with van der Waals surface area (Å²) in [5.41, 5.74) is 3.80. The number of ether oxygens (including phenoxy) is 1. The van der Waals surface area contributed by atoms with Gasteiger partial charge in [0, 0.05) is 83.0 Å². The summed E-state index contributed by atoms with van der Waals surface area (Å²) >= 11 is 3.51. The first-order valence-corrected chi connectivity index (χ1v) is 19.4. The number of hydrogen-bond donors (Lipinski definition) is 4. The predicted octanol–water partition coefficient (Wildman–Crippen LogP) is 4.76. The van der Waals surface area contributed by atoms with Gasteiger partial charge >= 0.3 is 0 Å². The fraction of sp³-hybridized carbons (Fsp3) is 0.529. The number of phenols is 1. The van der Waals surface area contributed by atoms with Gasteiger partial charge in [-0.05, 0) is 78.8 Å². The van der Waals surface area contributed by atoms with Crippen molar-refractivity contribution in [3.05, 3.63) is 46.6 Å². The molecule has 0 spiro atoms. The number of aromatic hydroxyl groups is 1. The van der Waals surface area contributed by atoms with E-state index in [2.05, 4.69) is 65.4 Å². The van der Waals surface area contributed by atoms with E-state index in [-0.39, 0.29) is 18.0 Å². The smallest absolute Gasteiger partial charge is 0.232 e. The summed E-state index contributed by atoms with van der Waals surface area (Å²) in [6.07, 6.45) is 8.49. The highest BCUT2D eigenvalue weighted by Crippen LogP contribution is 2.39. The lowest BCUT2D eigenvalue weighted by Crippen LogP contribution is -2.52. The van der Waals surface area contributed by atoms with Gasteiger partial charge in [0.05, 0.1) is 34.9 Å². The molecule has 2 fully saturated rings. The topological polar surface area (TPSA) is 147 Å². The summed E-state index contributed by atoms with van der Waals surface area (Å²) in [6, 6.07) is 9.29. The summed E-state index contributed by atoms with van der Waals surface area (Å²) in [7, 11) is 1.68. The monoisotopic (exact) mass is 760 g/mol. The van der Waals surface area contributed by atoms with Crippen molar-refractivity contribution in [1.82, 2.24) is 19.8 Å². The summed E-state index contributed by atoms with van der Waals surface area (Å²) in [5, 5.41) is 26.0. The molecular weight excluding hydrogens is 712 g/mol. The van der Waals surface area contributed by atoms with Crippen molar-refractivity contribution >= 4 is 60.5 Å². The molecular formula is C34H49BrN8O5S. The minimum Gasteiger partial charge on any atom is -0.508 e. The first kappa shape index (κ1) is 36.9. The van der Waals surface area contributed by atoms with Crippen LogP contribution in [0.2, 0.25) is 0 Å². The highest BCUT2D eigenvalue weighted by Gasteiger charge is 2.28. The summed E-state index contributed by atoms with van der Waals surface area (Å²) in [5.74, 6) is 1.32. The molecule has 0 bridgehead atoms. The Bertz CT molecular complexity index is 1680. The zero-order valence-electron chi connectivity index (χ0n) is 28.8. The number of rotatable bonds is 14. The lowest BCUT2D eigenvalue weighted by Gasteiger charge is -2.43. The van der Waals surface area contributed by atoms with Crippen LogP contribution in [0.15, 0.2) is 41.0 Å². The molecule has 2 aromatic carbocycles. The Morgan fingerprint density at radius 1 is 1.02 bits per heavy atom. The van der Waals surface area contributed by atoms with E-state index in [1.165, 1.54) is 30.4 Å². The minimum atomic E-state index is -3.60. The maximum Gasteiger partial charge on any atom is 0.232 e. The Morgan fingerprint density at radius 2 is 1.76 bits per heavy atom. The molecule has 268 valence electrons. The molecule has 3 aromatic rings. The average molecular weight is 762 g/mol. The Hall–Kier alpha value is -3.37. The molecule has 0 radical (unpaired) electrons. The van der Waals surface area contributed by atoms with Crippen LogP contribution in [-0.4, -0.2) is 118 Å². The Kier molecular flexibility index (Phi) is 12.5. The number of benzene rings is 2. The maximum atomic E-state index is 12.3. The van der Waals surface area contributed by atoms with E-state index in [0.717, 1.165) is 94.0 Å². The summed E-state index contributed by atoms with van der Waals surface area (Å²) < 4.78 is 32.2. The maximum absolute atomic E-state index is 12.3. The number of nitrogens with zero attached hydrogens (tertiary/aromatic N) is 6. The number of methoxy groups -OCH3 is 1. The Balaban J connectivity index is 1.39. The van der Waals surface area contributed by atoms with E-state index >= 15 is 0 Å². The van der Waals surface area contributed by atoms with E-state index in [1.54, 1.807) is 19.4 Å². The highest BCUT2D eigenvalue weighted by atomic mass is 79.9. The lowest BCUT2D eigenvalue weighted by atomic mass is 9.98. The zero-order valence-corrected chi connectivity index (χ0v) is 31.2. The number of aryl methyl sites for hydroxylation is 1. The standard InChI is InChI=1S/C34H49BrN8O5S/c1-40-15-17-42(18-16-40)25-11-13-43(14-12-25)30-22-32(48-3)29(20-24(30)8-6-5-7-19-44)38-34-36-23-27(35)33(39-34)37-28-10-9-26(45)21-31(28)41(2)49(4,46)47/h9-10,20-23,25,44-45H,5-8,11-19H2,1-4H3,(H2,36,37,38,39). The molecule has 2 saturated heterocycles. The van der Waals surface area contributed by atoms with Gasteiger partial charge in [0.1, 0.15) is 17.3 Å². The van der Waals surface area contributed by atoms with Crippen LogP contribution in [0.1, 0.15) is 37.7 Å². The second kappa shape index (κ2) is 16.6. The van der Waals surface area contributed by atoms with Crippen molar-refractivity contribution in [3.8, 4) is 11.5 Å². The van der Waals surface area contributed by atoms with Crippen LogP contribution in [0.4, 0.5) is 34.5 Å². The van der Waals surface area contributed by atoms with Crippen molar-refractivity contribution in [2.75, 3.05) is 93.2 Å². The third-order valence-electron chi connectivity index (χ3n) is 9.43. The SMILES string of the molecule is COc1cc(N2CCC(N3CCN(C)CC3)CC2)c(CCCCCO)cc1Nc1ncc(Br)c(Nc2ccc(O)cc2N(C)S(C)(=O)=O)n1. The number of aliphatic hydroxyl groups is 1. The van der Waals surface area contributed by atoms with E-state index in [1.807, 2.05) is 0 Å². The lowest BCUT2D eigenvalue weighted by molar-refractivity contribution is 0.0982. The molecule has 49 heavy (non-hydrogen) atoms. The second-order valence-electron chi connectivity index (χ2n) is 12.8. The number of nitrogens with one attached hydrogen (secondary N) is 2. The number of phenolic OH excluding ortho intramolecular Hbond substituents is 1. The minimum absolute atomic E-state index is 0.0673. The van der Waals surface area contributed by atoms with Crippen molar-refractivity contribution in [2.24, 2.45) is 0 Å². The number of likely N-dealkylation sites (N-methyl/N-ethyl adjacent to an activating group) is 1. The molecule has 5 rings (SSSR count). The highest BCUT2D eigenvalue weighted by molar-refractivity contribution is 9.10. The van der Waals surface area contributed by atoms with Gasteiger partial charge in [0.2, 0.25) is 16.0 Å². The molecule has 0 saturated carbocycles. The van der Waals surface area contributed by atoms with E-state index in [9.17, 15) is 18.6 Å². The van der Waals surface area contributed by atoms with Crippen LogP contribution in [0.25, 0.3) is 0 Å². The number of hydrogen-bond acceptors (Lipinski definition) is 12. The van der Waals surface area contributed by atoms with Crippen molar-refractivity contribution in [2.45, 2.75) is 44.6 Å². The predicted molar refractivity (Wildman–Crippen MR) is 200 cm³/mol. The molecule has 0 amide bonds. The van der Waals surface area contributed by atoms with Gasteiger partial charge in [0.25, 0.3) is 0 Å². The largest absolute Gasteiger partial charge is 0.508 e. The number of halogens is 1. The third kappa shape index (κ3) is 9.45. The first-order valence-electron chi connectivity index (χ1n) is 16.8. The second-order valence-corrected chi connectivity index (χ2v) is 15.7. The van der Waals surface area contributed by atoms with Crippen molar-refractivity contribution in [3.63, 3.8) is 0 Å². The molecule has 13 nitrogen and oxygen atoms in total. The number of piperidine rings is 1. The number of piperazine rings is 1. The molecule has 0 unspecified atom stereocenters. The summed E-state index contributed by atoms with van der Waals surface area (Å²) in [4.78, 5) is 16.7. The number of anilines is 6. The van der Waals surface area contributed by atoms with Crippen LogP contribution in [0.5, 0.6) is 11.5 Å². The normalized spacial score (nSPS) is 16.5. The van der Waals surface area contributed by atoms with Gasteiger partial charge in [-0.3, -0.25) is 9.21 Å². The molecule has 4 N–H and O–H groups in total. The molecule has 15 heteroatoms. The van der Waals surface area contributed by atoms with Gasteiger partial charge in [-0.1, -0.05) is 6.42 Å². The van der Waals surface area contributed by atoms with Crippen LogP contribution < -0.4 is 24.6 Å². The number of sulfonamides is 1. The third-order valence-corrected chi connectivity index (χ3v) is 11.2. The van der Waals surface area contributed by atoms with Crippen LogP contribution in [0.3, 0.4) is 0 Å². The van der Waals surface area contributed by atoms with Crippen LogP contribution in [-0.2, 0) is 16.4 Å². The van der Waals surface area contributed by atoms with E-state index < -0.39 is 10.0 Å². The van der Waals surface area contributed by atoms with Gasteiger partial charge in [-0.2, -0.15) is 4.98 Å². The molecule has 1 aromatic heterocycles. The van der Waals surface area contributed by atoms with Crippen molar-refractivity contribution < 1.29 is 23.4 Å². The Morgan fingerprint density at radius 3 is 2.43 bits per heavy atom. The fourth-order valence-corrected chi connectivity index (χ4v) is 7.26. The van der Waals surface area contributed by atoms with Crippen molar-refractivity contribution in [1.29, 1.82) is 0 Å². The number of aromatic nitrogens is 2. The number of aliphatic hydroxyl groups excluding tert-OH is 1. The van der Waals surface area contributed by atoms with E-state index in [0.29, 0.717) is 33.7 Å². The zero-order chi connectivity index (χ0) is 35.1. The molecule has 2 aliphatic heterocycles. The molecule has 0 aliphatic carbocycles. The van der Waals surface area contributed by atoms with Crippen LogP contribution >= 0.6 is 15.9 Å². The average Bonchev–Trinajstić information content (AvgIpc) is 3.08. The van der Waals surface area contributed by atoms with Gasteiger partial charge in [-0.15, -0.1) is 0 Å².